The van der Waals surface area contributed by atoms with Crippen molar-refractivity contribution in [2.45, 2.75) is 25.4 Å². The van der Waals surface area contributed by atoms with Gasteiger partial charge in [0.1, 0.15) is 13.2 Å². The molecule has 0 saturated carbocycles. The average Bonchev–Trinajstić information content (AvgIpc) is 3.08. The first-order chi connectivity index (χ1) is 12.7. The lowest BCUT2D eigenvalue weighted by molar-refractivity contribution is 0.113. The predicted octanol–water partition coefficient (Wildman–Crippen LogP) is 2.36. The number of nitrogens with one attached hydrogen (secondary N) is 1. The molecule has 1 aromatic heterocycles. The van der Waals surface area contributed by atoms with Gasteiger partial charge in [-0.25, -0.2) is 4.98 Å². The van der Waals surface area contributed by atoms with Crippen LogP contribution in [0.4, 0.5) is 0 Å². The third-order valence-electron chi connectivity index (χ3n) is 5.53. The number of fused-ring (bicyclic) bond motifs is 1. The van der Waals surface area contributed by atoms with Crippen molar-refractivity contribution in [1.82, 2.24) is 19.8 Å². The summed E-state index contributed by atoms with van der Waals surface area (Å²) in [6, 6.07) is 6.55. The number of aromatic nitrogens is 2. The SMILES string of the molecule is CN1CCC[C@@H](CNCc2cccc3c2OCCO3)[C@@H]1c1cncn1C. The van der Waals surface area contributed by atoms with Gasteiger partial charge in [0, 0.05) is 31.9 Å². The maximum Gasteiger partial charge on any atom is 0.165 e. The molecule has 0 radical (unpaired) electrons. The number of benzene rings is 1. The zero-order valence-electron chi connectivity index (χ0n) is 15.6. The molecule has 140 valence electrons. The molecule has 1 aromatic carbocycles. The van der Waals surface area contributed by atoms with Gasteiger partial charge in [-0.1, -0.05) is 12.1 Å². The first kappa shape index (κ1) is 17.4. The van der Waals surface area contributed by atoms with Crippen LogP contribution in [0.3, 0.4) is 0 Å². The highest BCUT2D eigenvalue weighted by Gasteiger charge is 2.32. The summed E-state index contributed by atoms with van der Waals surface area (Å²) in [5.41, 5.74) is 2.47. The highest BCUT2D eigenvalue weighted by Crippen LogP contribution is 2.35. The number of para-hydroxylation sites is 1. The van der Waals surface area contributed by atoms with Crippen molar-refractivity contribution in [3.05, 3.63) is 42.0 Å². The third kappa shape index (κ3) is 3.44. The first-order valence-corrected chi connectivity index (χ1v) is 9.48. The zero-order chi connectivity index (χ0) is 17.9. The molecule has 2 aromatic rings. The van der Waals surface area contributed by atoms with Gasteiger partial charge >= 0.3 is 0 Å². The Morgan fingerprint density at radius 1 is 1.23 bits per heavy atom. The third-order valence-corrected chi connectivity index (χ3v) is 5.53. The van der Waals surface area contributed by atoms with Crippen LogP contribution in [-0.4, -0.2) is 47.8 Å². The van der Waals surface area contributed by atoms with Crippen molar-refractivity contribution >= 4 is 0 Å². The fourth-order valence-electron chi connectivity index (χ4n) is 4.26. The van der Waals surface area contributed by atoms with Gasteiger partial charge in [-0.3, -0.25) is 4.90 Å². The number of hydrogen-bond acceptors (Lipinski definition) is 5. The topological polar surface area (TPSA) is 51.6 Å². The van der Waals surface area contributed by atoms with Crippen LogP contribution in [0.5, 0.6) is 11.5 Å². The molecule has 0 aliphatic carbocycles. The number of likely N-dealkylation sites (tertiary alicyclic amines) is 1. The summed E-state index contributed by atoms with van der Waals surface area (Å²) in [7, 11) is 4.31. The normalized spacial score (nSPS) is 23.2. The second kappa shape index (κ2) is 7.68. The lowest BCUT2D eigenvalue weighted by Gasteiger charge is -2.39. The van der Waals surface area contributed by atoms with Gasteiger partial charge in [0.05, 0.1) is 18.1 Å². The van der Waals surface area contributed by atoms with Crippen molar-refractivity contribution in [1.29, 1.82) is 0 Å². The van der Waals surface area contributed by atoms with Crippen LogP contribution in [-0.2, 0) is 13.6 Å². The van der Waals surface area contributed by atoms with E-state index in [1.165, 1.54) is 24.1 Å². The number of aryl methyl sites for hydroxylation is 1. The molecule has 0 bridgehead atoms. The quantitative estimate of drug-likeness (QED) is 0.891. The summed E-state index contributed by atoms with van der Waals surface area (Å²) in [5.74, 6) is 2.33. The highest BCUT2D eigenvalue weighted by atomic mass is 16.6. The van der Waals surface area contributed by atoms with Crippen molar-refractivity contribution in [3.8, 4) is 11.5 Å². The number of piperidine rings is 1. The largest absolute Gasteiger partial charge is 0.486 e. The van der Waals surface area contributed by atoms with E-state index < -0.39 is 0 Å². The molecule has 3 heterocycles. The number of imidazole rings is 1. The summed E-state index contributed by atoms with van der Waals surface area (Å²) in [5, 5.41) is 3.66. The molecule has 4 rings (SSSR count). The van der Waals surface area contributed by atoms with Crippen molar-refractivity contribution in [2.75, 3.05) is 33.4 Å². The summed E-state index contributed by atoms with van der Waals surface area (Å²) in [6.45, 7) is 4.17. The van der Waals surface area contributed by atoms with Gasteiger partial charge in [0.15, 0.2) is 11.5 Å². The molecule has 0 spiro atoms. The Morgan fingerprint density at radius 3 is 2.96 bits per heavy atom. The molecule has 0 amide bonds. The molecule has 6 nitrogen and oxygen atoms in total. The van der Waals surface area contributed by atoms with E-state index in [4.69, 9.17) is 9.47 Å². The van der Waals surface area contributed by atoms with Crippen molar-refractivity contribution in [3.63, 3.8) is 0 Å². The lowest BCUT2D eigenvalue weighted by Crippen LogP contribution is -2.41. The predicted molar refractivity (Wildman–Crippen MR) is 100 cm³/mol. The maximum atomic E-state index is 5.83. The highest BCUT2D eigenvalue weighted by molar-refractivity contribution is 5.47. The van der Waals surface area contributed by atoms with Crippen LogP contribution < -0.4 is 14.8 Å². The van der Waals surface area contributed by atoms with E-state index in [1.807, 2.05) is 24.7 Å². The fourth-order valence-corrected chi connectivity index (χ4v) is 4.26. The van der Waals surface area contributed by atoms with Crippen LogP contribution in [0.25, 0.3) is 0 Å². The number of nitrogens with zero attached hydrogens (tertiary/aromatic N) is 3. The number of ether oxygens (including phenoxy) is 2. The Kier molecular flexibility index (Phi) is 5.13. The second-order valence-electron chi connectivity index (χ2n) is 7.33. The van der Waals surface area contributed by atoms with Gasteiger partial charge in [-0.2, -0.15) is 0 Å². The van der Waals surface area contributed by atoms with E-state index in [2.05, 4.69) is 39.9 Å². The summed E-state index contributed by atoms with van der Waals surface area (Å²) in [6.07, 6.45) is 6.39. The number of hydrogen-bond donors (Lipinski definition) is 1. The van der Waals surface area contributed by atoms with E-state index in [9.17, 15) is 0 Å². The minimum Gasteiger partial charge on any atom is -0.486 e. The molecule has 6 heteroatoms. The smallest absolute Gasteiger partial charge is 0.165 e. The van der Waals surface area contributed by atoms with E-state index in [1.54, 1.807) is 0 Å². The molecule has 2 aliphatic rings. The van der Waals surface area contributed by atoms with Gasteiger partial charge in [0.2, 0.25) is 0 Å². The second-order valence-corrected chi connectivity index (χ2v) is 7.33. The molecule has 2 atom stereocenters. The van der Waals surface area contributed by atoms with Crippen LogP contribution >= 0.6 is 0 Å². The van der Waals surface area contributed by atoms with E-state index in [0.29, 0.717) is 25.2 Å². The average molecular weight is 356 g/mol. The Hall–Kier alpha value is -2.05. The standard InChI is InChI=1S/C20H28N4O2/c1-23-8-4-6-15(19(23)17-13-22-14-24(17)2)11-21-12-16-5-3-7-18-20(16)26-10-9-25-18/h3,5,7,13-15,19,21H,4,6,8-12H2,1-2H3/t15-,19+/m0/s1. The van der Waals surface area contributed by atoms with Gasteiger partial charge in [0.25, 0.3) is 0 Å². The zero-order valence-corrected chi connectivity index (χ0v) is 15.6. The maximum absolute atomic E-state index is 5.83. The van der Waals surface area contributed by atoms with Gasteiger partial charge in [-0.15, -0.1) is 0 Å². The minimum absolute atomic E-state index is 0.410. The molecule has 1 fully saturated rings. The van der Waals surface area contributed by atoms with Crippen LogP contribution in [0, 0.1) is 5.92 Å². The molecule has 1 saturated heterocycles. The minimum atomic E-state index is 0.410. The Morgan fingerprint density at radius 2 is 2.12 bits per heavy atom. The summed E-state index contributed by atoms with van der Waals surface area (Å²) in [4.78, 5) is 6.79. The van der Waals surface area contributed by atoms with E-state index >= 15 is 0 Å². The summed E-state index contributed by atoms with van der Waals surface area (Å²) < 4.78 is 13.7. The van der Waals surface area contributed by atoms with Crippen molar-refractivity contribution < 1.29 is 9.47 Å². The van der Waals surface area contributed by atoms with Crippen LogP contribution in [0.15, 0.2) is 30.7 Å². The molecule has 2 aliphatic heterocycles. The molecular weight excluding hydrogens is 328 g/mol. The molecule has 0 unspecified atom stereocenters. The van der Waals surface area contributed by atoms with Crippen LogP contribution in [0.2, 0.25) is 0 Å². The number of rotatable bonds is 5. The lowest BCUT2D eigenvalue weighted by atomic mass is 9.87. The van der Waals surface area contributed by atoms with Crippen LogP contribution in [0.1, 0.15) is 30.1 Å². The monoisotopic (exact) mass is 356 g/mol. The Bertz CT molecular complexity index is 745. The Balaban J connectivity index is 1.43. The molecule has 26 heavy (non-hydrogen) atoms. The van der Waals surface area contributed by atoms with Gasteiger partial charge in [-0.05, 0) is 38.4 Å². The van der Waals surface area contributed by atoms with Crippen molar-refractivity contribution in [2.24, 2.45) is 13.0 Å². The Labute approximate surface area is 155 Å². The summed E-state index contributed by atoms with van der Waals surface area (Å²) >= 11 is 0. The molecular formula is C20H28N4O2. The fraction of sp³-hybridized carbons (Fsp3) is 0.550. The van der Waals surface area contributed by atoms with E-state index in [-0.39, 0.29) is 0 Å². The molecule has 1 N–H and O–H groups in total. The first-order valence-electron chi connectivity index (χ1n) is 9.48. The van der Waals surface area contributed by atoms with E-state index in [0.717, 1.165) is 31.1 Å². The van der Waals surface area contributed by atoms with Gasteiger partial charge < -0.3 is 19.4 Å².